The van der Waals surface area contributed by atoms with Crippen molar-refractivity contribution in [1.29, 1.82) is 0 Å². The third kappa shape index (κ3) is 12.7. The summed E-state index contributed by atoms with van der Waals surface area (Å²) in [6, 6.07) is -1.50. The van der Waals surface area contributed by atoms with Crippen LogP contribution in [0.1, 0.15) is 77.2 Å². The first-order valence-electron chi connectivity index (χ1n) is 20.6. The second-order valence-electron chi connectivity index (χ2n) is 15.8. The SMILES string of the molecule is C[C@@H](O)[C@H](NC(=O)[C@@H]1CCCN1C(=O)[C@H](CCCCN)NC(=O)[C@@H]1CCCN1C(=O)[C@@H](NC(=O)[C@@H](N)Cc1c[nH]c2ccccc12)[C@@H](C)O)C(=O)N[C@@H](CCC(N)=O)C(=O)O. The molecule has 4 rings (SSSR count). The zero-order valence-corrected chi connectivity index (χ0v) is 34.5. The molecule has 0 radical (unpaired) electrons. The number of primary amides is 1. The fraction of sp³-hybridized carbons (Fsp3) is 0.600. The number of fused-ring (bicyclic) bond motifs is 1. The molecule has 7 amide bonds. The molecule has 21 heteroatoms. The van der Waals surface area contributed by atoms with E-state index in [4.69, 9.17) is 17.2 Å². The van der Waals surface area contributed by atoms with Crippen LogP contribution < -0.4 is 38.5 Å². The molecule has 0 aliphatic carbocycles. The number of carbonyl (C=O) groups is 8. The number of rotatable bonds is 22. The molecule has 336 valence electrons. The Labute approximate surface area is 352 Å². The number of H-pyrrole nitrogens is 1. The summed E-state index contributed by atoms with van der Waals surface area (Å²) in [7, 11) is 0. The van der Waals surface area contributed by atoms with Gasteiger partial charge in [0.15, 0.2) is 0 Å². The predicted molar refractivity (Wildman–Crippen MR) is 220 cm³/mol. The van der Waals surface area contributed by atoms with Crippen molar-refractivity contribution >= 4 is 58.2 Å². The molecular weight excluding hydrogens is 796 g/mol. The van der Waals surface area contributed by atoms with Gasteiger partial charge in [0.05, 0.1) is 18.2 Å². The highest BCUT2D eigenvalue weighted by Gasteiger charge is 2.43. The number of carbonyl (C=O) groups excluding carboxylic acids is 7. The van der Waals surface area contributed by atoms with E-state index in [1.807, 2.05) is 24.3 Å². The summed E-state index contributed by atoms with van der Waals surface area (Å²) >= 11 is 0. The minimum Gasteiger partial charge on any atom is -0.480 e. The first-order chi connectivity index (χ1) is 28.9. The van der Waals surface area contributed by atoms with Crippen LogP contribution in [-0.4, -0.2) is 152 Å². The highest BCUT2D eigenvalue weighted by atomic mass is 16.4. The van der Waals surface area contributed by atoms with Gasteiger partial charge in [0.2, 0.25) is 41.4 Å². The monoisotopic (exact) mass is 856 g/mol. The third-order valence-electron chi connectivity index (χ3n) is 11.1. The highest BCUT2D eigenvalue weighted by Crippen LogP contribution is 2.24. The number of aromatic amines is 1. The molecule has 3 heterocycles. The van der Waals surface area contributed by atoms with Gasteiger partial charge in [-0.25, -0.2) is 4.79 Å². The second-order valence-corrected chi connectivity index (χ2v) is 15.8. The zero-order valence-electron chi connectivity index (χ0n) is 34.5. The Morgan fingerprint density at radius 3 is 1.98 bits per heavy atom. The number of carboxylic acid groups (broad SMARTS) is 1. The molecule has 0 bridgehead atoms. The molecule has 0 spiro atoms. The number of carboxylic acids is 1. The van der Waals surface area contributed by atoms with Crippen molar-refractivity contribution in [2.45, 2.75) is 133 Å². The van der Waals surface area contributed by atoms with Crippen LogP contribution in [0, 0.1) is 0 Å². The second kappa shape index (κ2) is 22.3. The Hall–Kier alpha value is -5.64. The van der Waals surface area contributed by atoms with E-state index in [0.717, 1.165) is 16.5 Å². The molecule has 61 heavy (non-hydrogen) atoms. The van der Waals surface area contributed by atoms with Crippen LogP contribution in [0.3, 0.4) is 0 Å². The van der Waals surface area contributed by atoms with Gasteiger partial charge in [-0.05, 0) is 89.8 Å². The number of nitrogens with two attached hydrogens (primary N) is 3. The summed E-state index contributed by atoms with van der Waals surface area (Å²) in [6.07, 6.45) is 0.645. The molecule has 14 N–H and O–H groups in total. The number of aromatic nitrogens is 1. The van der Waals surface area contributed by atoms with Crippen LogP contribution in [0.4, 0.5) is 0 Å². The molecule has 2 aromatic rings. The van der Waals surface area contributed by atoms with Crippen molar-refractivity contribution in [3.63, 3.8) is 0 Å². The number of nitrogens with zero attached hydrogens (tertiary/aromatic N) is 2. The molecule has 0 unspecified atom stereocenters. The van der Waals surface area contributed by atoms with Crippen molar-refractivity contribution in [3.8, 4) is 0 Å². The van der Waals surface area contributed by atoms with Crippen molar-refractivity contribution in [2.75, 3.05) is 19.6 Å². The molecular formula is C40H60N10O11. The first kappa shape index (κ1) is 48.0. The normalized spacial score (nSPS) is 19.8. The minimum absolute atomic E-state index is 0.117. The van der Waals surface area contributed by atoms with Gasteiger partial charge in [0.1, 0.15) is 36.3 Å². The number of amides is 7. The van der Waals surface area contributed by atoms with Gasteiger partial charge >= 0.3 is 5.97 Å². The van der Waals surface area contributed by atoms with Gasteiger partial charge in [-0.2, -0.15) is 0 Å². The van der Waals surface area contributed by atoms with Crippen LogP contribution in [0.5, 0.6) is 0 Å². The zero-order chi connectivity index (χ0) is 45.0. The number of nitrogens with one attached hydrogen (secondary N) is 5. The van der Waals surface area contributed by atoms with Gasteiger partial charge in [0.25, 0.3) is 0 Å². The van der Waals surface area contributed by atoms with Crippen molar-refractivity contribution in [3.05, 3.63) is 36.0 Å². The molecule has 1 aromatic heterocycles. The van der Waals surface area contributed by atoms with Crippen molar-refractivity contribution in [1.82, 2.24) is 36.1 Å². The maximum Gasteiger partial charge on any atom is 0.326 e. The number of benzene rings is 1. The quantitative estimate of drug-likeness (QED) is 0.0534. The van der Waals surface area contributed by atoms with Crippen LogP contribution in [0.15, 0.2) is 30.5 Å². The van der Waals surface area contributed by atoms with Gasteiger partial charge in [0, 0.05) is 36.6 Å². The molecule has 2 fully saturated rings. The molecule has 2 saturated heterocycles. The van der Waals surface area contributed by atoms with Crippen LogP contribution in [0.2, 0.25) is 0 Å². The van der Waals surface area contributed by atoms with E-state index in [-0.39, 0.29) is 51.6 Å². The lowest BCUT2D eigenvalue weighted by Gasteiger charge is -2.33. The topological polar surface area (TPSA) is 346 Å². The number of hydrogen-bond donors (Lipinski definition) is 11. The number of aliphatic hydroxyl groups is 2. The molecule has 2 aliphatic rings. The Morgan fingerprint density at radius 2 is 1.39 bits per heavy atom. The number of hydrogen-bond acceptors (Lipinski definition) is 12. The van der Waals surface area contributed by atoms with Crippen molar-refractivity contribution < 1.29 is 53.7 Å². The Morgan fingerprint density at radius 1 is 0.787 bits per heavy atom. The summed E-state index contributed by atoms with van der Waals surface area (Å²) in [6.45, 7) is 3.10. The van der Waals surface area contributed by atoms with E-state index in [1.165, 1.54) is 23.6 Å². The van der Waals surface area contributed by atoms with Gasteiger partial charge in [-0.15, -0.1) is 0 Å². The number of likely N-dealkylation sites (tertiary alicyclic amines) is 2. The predicted octanol–water partition coefficient (Wildman–Crippen LogP) is -2.80. The van der Waals surface area contributed by atoms with Gasteiger partial charge < -0.3 is 68.6 Å². The molecule has 9 atom stereocenters. The summed E-state index contributed by atoms with van der Waals surface area (Å²) in [5.74, 6) is -6.73. The Kier molecular flexibility index (Phi) is 17.5. The smallest absolute Gasteiger partial charge is 0.326 e. The lowest BCUT2D eigenvalue weighted by Crippen LogP contribution is -2.61. The van der Waals surface area contributed by atoms with E-state index in [0.29, 0.717) is 32.2 Å². The van der Waals surface area contributed by atoms with Gasteiger partial charge in [-0.3, -0.25) is 33.6 Å². The number of aliphatic carboxylic acids is 1. The maximum atomic E-state index is 14.2. The van der Waals surface area contributed by atoms with E-state index < -0.39 is 102 Å². The molecule has 1 aromatic carbocycles. The van der Waals surface area contributed by atoms with E-state index in [1.54, 1.807) is 6.20 Å². The lowest BCUT2D eigenvalue weighted by atomic mass is 10.0. The lowest BCUT2D eigenvalue weighted by molar-refractivity contribution is -0.146. The van der Waals surface area contributed by atoms with Crippen LogP contribution in [0.25, 0.3) is 10.9 Å². The Balaban J connectivity index is 1.44. The fourth-order valence-corrected chi connectivity index (χ4v) is 7.74. The van der Waals surface area contributed by atoms with E-state index in [2.05, 4.69) is 26.3 Å². The summed E-state index contributed by atoms with van der Waals surface area (Å²) in [5.41, 5.74) is 18.7. The largest absolute Gasteiger partial charge is 0.480 e. The molecule has 21 nitrogen and oxygen atoms in total. The summed E-state index contributed by atoms with van der Waals surface area (Å²) in [5, 5.41) is 41.4. The Bertz CT molecular complexity index is 1900. The molecule has 2 aliphatic heterocycles. The summed E-state index contributed by atoms with van der Waals surface area (Å²) in [4.78, 5) is 111. The fourth-order valence-electron chi connectivity index (χ4n) is 7.74. The first-order valence-corrected chi connectivity index (χ1v) is 20.6. The van der Waals surface area contributed by atoms with E-state index in [9.17, 15) is 53.7 Å². The van der Waals surface area contributed by atoms with Crippen LogP contribution in [-0.2, 0) is 44.8 Å². The van der Waals surface area contributed by atoms with Gasteiger partial charge in [-0.1, -0.05) is 18.2 Å². The van der Waals surface area contributed by atoms with Crippen molar-refractivity contribution in [2.24, 2.45) is 17.2 Å². The van der Waals surface area contributed by atoms with Crippen LogP contribution >= 0.6 is 0 Å². The number of para-hydroxylation sites is 1. The highest BCUT2D eigenvalue weighted by molar-refractivity contribution is 5.98. The van der Waals surface area contributed by atoms with E-state index >= 15 is 0 Å². The number of aliphatic hydroxyl groups excluding tert-OH is 2. The number of unbranched alkanes of at least 4 members (excludes halogenated alkanes) is 1. The average Bonchev–Trinajstić information content (AvgIpc) is 4.00. The third-order valence-corrected chi connectivity index (χ3v) is 11.1. The average molecular weight is 857 g/mol. The molecule has 0 saturated carbocycles. The summed E-state index contributed by atoms with van der Waals surface area (Å²) < 4.78 is 0. The standard InChI is InChI=1S/C40H60N10O11/c1-21(51)32(37(57)46-28(40(60)61)14-15-31(43)53)47-36(56)30-13-7-17-49(30)38(58)27(11-5-6-16-41)45-35(55)29-12-8-18-50(29)39(59)33(22(2)52)48-34(54)25(42)19-23-20-44-26-10-4-3-9-24(23)26/h3-4,9-10,20-22,25,27-30,32-33,44,51-52H,5-8,11-19,41-42H2,1-2H3,(H2,43,53)(H,45,55)(H,46,57)(H,47,56)(H,48,54)(H,60,61)/t21-,22-,25+,27+,28+,29+,30+,32+,33+/m1/s1. The minimum atomic E-state index is -1.63. The maximum absolute atomic E-state index is 14.2.